The van der Waals surface area contributed by atoms with Crippen molar-refractivity contribution in [1.82, 2.24) is 0 Å². The quantitative estimate of drug-likeness (QED) is 0.168. The van der Waals surface area contributed by atoms with Gasteiger partial charge in [-0.3, -0.25) is 0 Å². The van der Waals surface area contributed by atoms with E-state index in [0.29, 0.717) is 0 Å². The van der Waals surface area contributed by atoms with Crippen LogP contribution >= 0.6 is 0 Å². The summed E-state index contributed by atoms with van der Waals surface area (Å²) in [6, 6.07) is 71.1. The third-order valence-electron chi connectivity index (χ3n) is 11.4. The lowest BCUT2D eigenvalue weighted by Crippen LogP contribution is -2.29. The summed E-state index contributed by atoms with van der Waals surface area (Å²) in [6.07, 6.45) is 2.40. The predicted molar refractivity (Wildman–Crippen MR) is 231 cm³/mol. The Morgan fingerprint density at radius 1 is 0.333 bits per heavy atom. The predicted octanol–water partition coefficient (Wildman–Crippen LogP) is 14.6. The molecular weight excluding hydrogens is 651 g/mol. The Labute approximate surface area is 317 Å². The Morgan fingerprint density at radius 2 is 0.685 bits per heavy atom. The summed E-state index contributed by atoms with van der Waals surface area (Å²) in [5, 5.41) is 7.60. The van der Waals surface area contributed by atoms with Gasteiger partial charge in [-0.1, -0.05) is 159 Å². The van der Waals surface area contributed by atoms with Crippen molar-refractivity contribution >= 4 is 49.8 Å². The summed E-state index contributed by atoms with van der Waals surface area (Å²) in [5.74, 6) is 0. The summed E-state index contributed by atoms with van der Waals surface area (Å²) < 4.78 is 0. The molecule has 0 unspecified atom stereocenters. The average Bonchev–Trinajstić information content (AvgIpc) is 3.48. The monoisotopic (exact) mass is 689 g/mol. The van der Waals surface area contributed by atoms with Crippen LogP contribution in [0, 0.1) is 0 Å². The summed E-state index contributed by atoms with van der Waals surface area (Å²) in [7, 11) is 0. The van der Waals surface area contributed by atoms with Gasteiger partial charge in [-0.2, -0.15) is 0 Å². The van der Waals surface area contributed by atoms with Crippen LogP contribution in [0.15, 0.2) is 200 Å². The van der Waals surface area contributed by atoms with E-state index in [9.17, 15) is 0 Å². The molecule has 0 saturated heterocycles. The first-order chi connectivity index (χ1) is 26.5. The normalized spacial score (nSPS) is 13.3. The highest BCUT2D eigenvalue weighted by molar-refractivity contribution is 5.92. The molecule has 0 fully saturated rings. The van der Waals surface area contributed by atoms with Crippen LogP contribution in [0.4, 0.5) is 11.4 Å². The number of allylic oxidation sites excluding steroid dienone is 1. The van der Waals surface area contributed by atoms with Gasteiger partial charge in [0.1, 0.15) is 0 Å². The largest absolute Gasteiger partial charge is 0.313 e. The summed E-state index contributed by atoms with van der Waals surface area (Å²) in [4.78, 5) is 2.46. The number of anilines is 2. The van der Waals surface area contributed by atoms with E-state index in [1.54, 1.807) is 0 Å². The van der Waals surface area contributed by atoms with Crippen LogP contribution in [0.2, 0.25) is 0 Å². The van der Waals surface area contributed by atoms with E-state index in [4.69, 9.17) is 0 Å². The Kier molecular flexibility index (Phi) is 7.56. The van der Waals surface area contributed by atoms with Crippen molar-refractivity contribution in [2.24, 2.45) is 0 Å². The molecule has 0 amide bonds. The van der Waals surface area contributed by atoms with Crippen molar-refractivity contribution in [2.45, 2.75) is 19.3 Å². The van der Waals surface area contributed by atoms with E-state index >= 15 is 0 Å². The molecule has 0 bridgehead atoms. The van der Waals surface area contributed by atoms with Crippen LogP contribution in [0.3, 0.4) is 0 Å². The van der Waals surface area contributed by atoms with E-state index in [0.717, 1.165) is 11.4 Å². The summed E-state index contributed by atoms with van der Waals surface area (Å²) >= 11 is 0. The molecule has 9 aromatic carbocycles. The van der Waals surface area contributed by atoms with Crippen molar-refractivity contribution in [3.05, 3.63) is 211 Å². The molecule has 0 aromatic heterocycles. The highest BCUT2D eigenvalue weighted by Crippen LogP contribution is 2.48. The van der Waals surface area contributed by atoms with E-state index in [1.807, 2.05) is 0 Å². The third-order valence-corrected chi connectivity index (χ3v) is 11.4. The summed E-state index contributed by atoms with van der Waals surface area (Å²) in [5.41, 5.74) is 13.3. The molecule has 1 aliphatic rings. The smallest absolute Gasteiger partial charge is 0.0459 e. The van der Waals surface area contributed by atoms with Gasteiger partial charge >= 0.3 is 0 Å². The Balaban J connectivity index is 1.02. The lowest BCUT2D eigenvalue weighted by atomic mass is 9.82. The van der Waals surface area contributed by atoms with Gasteiger partial charge in [0.15, 0.2) is 0 Å². The van der Waals surface area contributed by atoms with E-state index in [-0.39, 0.29) is 5.41 Å². The number of rotatable bonds is 6. The van der Waals surface area contributed by atoms with Crippen LogP contribution in [0.1, 0.15) is 25.0 Å². The molecule has 54 heavy (non-hydrogen) atoms. The molecule has 0 aliphatic heterocycles. The standard InChI is InChI=1S/C53H39N/c1-53(2)51-34-45-14-8-7-13-44(45)33-48(51)35-52(53)54(50-29-25-41(26-30-50)47-22-20-37-10-4-6-12-43(37)32-47)49-27-23-39(24-28-49)38-15-17-40(18-16-38)46-21-19-36-9-3-5-11-42(36)31-46/h3-35H,1-2H3. The highest BCUT2D eigenvalue weighted by atomic mass is 15.2. The van der Waals surface area contributed by atoms with Crippen LogP contribution < -0.4 is 4.90 Å². The average molecular weight is 690 g/mol. The van der Waals surface area contributed by atoms with Gasteiger partial charge in [0.2, 0.25) is 0 Å². The van der Waals surface area contributed by atoms with Gasteiger partial charge in [0.05, 0.1) is 0 Å². The maximum atomic E-state index is 2.46. The minimum absolute atomic E-state index is 0.215. The molecular formula is C53H39N. The van der Waals surface area contributed by atoms with E-state index in [1.165, 1.54) is 82.5 Å². The number of nitrogens with zero attached hydrogens (tertiary/aromatic N) is 1. The minimum atomic E-state index is -0.215. The molecule has 0 spiro atoms. The van der Waals surface area contributed by atoms with Gasteiger partial charge in [-0.05, 0) is 131 Å². The van der Waals surface area contributed by atoms with E-state index < -0.39 is 0 Å². The zero-order valence-electron chi connectivity index (χ0n) is 30.5. The topological polar surface area (TPSA) is 3.24 Å². The van der Waals surface area contributed by atoms with Crippen molar-refractivity contribution in [2.75, 3.05) is 4.90 Å². The zero-order valence-corrected chi connectivity index (χ0v) is 30.5. The number of fused-ring (bicyclic) bond motifs is 4. The maximum Gasteiger partial charge on any atom is 0.0459 e. The molecule has 0 atom stereocenters. The van der Waals surface area contributed by atoms with Crippen molar-refractivity contribution in [1.29, 1.82) is 0 Å². The molecule has 9 aromatic rings. The van der Waals surface area contributed by atoms with Gasteiger partial charge < -0.3 is 4.90 Å². The fourth-order valence-corrected chi connectivity index (χ4v) is 8.35. The van der Waals surface area contributed by atoms with Gasteiger partial charge in [0.25, 0.3) is 0 Å². The number of hydrogen-bond donors (Lipinski definition) is 0. The summed E-state index contributed by atoms with van der Waals surface area (Å²) in [6.45, 7) is 4.72. The fraction of sp³-hybridized carbons (Fsp3) is 0.0566. The molecule has 10 rings (SSSR count). The van der Waals surface area contributed by atoms with Crippen LogP contribution in [0.5, 0.6) is 0 Å². The molecule has 1 nitrogen and oxygen atoms in total. The van der Waals surface area contributed by atoms with Crippen LogP contribution in [-0.4, -0.2) is 0 Å². The van der Waals surface area contributed by atoms with Crippen molar-refractivity contribution in [3.63, 3.8) is 0 Å². The molecule has 1 heteroatoms. The molecule has 0 saturated carbocycles. The van der Waals surface area contributed by atoms with Crippen LogP contribution in [-0.2, 0) is 5.41 Å². The minimum Gasteiger partial charge on any atom is -0.313 e. The first kappa shape index (κ1) is 32.0. The van der Waals surface area contributed by atoms with Gasteiger partial charge in [-0.25, -0.2) is 0 Å². The van der Waals surface area contributed by atoms with Crippen LogP contribution in [0.25, 0.3) is 71.8 Å². The lowest BCUT2D eigenvalue weighted by Gasteiger charge is -2.35. The molecule has 0 radical (unpaired) electrons. The Morgan fingerprint density at radius 3 is 1.15 bits per heavy atom. The molecule has 0 heterocycles. The molecule has 0 N–H and O–H groups in total. The Bertz CT molecular complexity index is 2880. The fourth-order valence-electron chi connectivity index (χ4n) is 8.35. The second-order valence-corrected chi connectivity index (χ2v) is 15.1. The molecule has 256 valence electrons. The highest BCUT2D eigenvalue weighted by Gasteiger charge is 2.37. The first-order valence-corrected chi connectivity index (χ1v) is 18.8. The SMILES string of the molecule is CC1(C)C(N(c2ccc(-c3ccc(-c4ccc5ccccc5c4)cc3)cc2)c2ccc(-c3ccc4ccccc4c3)cc2)=Cc2cc3ccccc3cc21. The van der Waals surface area contributed by atoms with Gasteiger partial charge in [0, 0.05) is 22.5 Å². The number of hydrogen-bond acceptors (Lipinski definition) is 1. The van der Waals surface area contributed by atoms with Gasteiger partial charge in [-0.15, -0.1) is 0 Å². The zero-order chi connectivity index (χ0) is 36.2. The third kappa shape index (κ3) is 5.57. The Hall–Kier alpha value is -6.70. The lowest BCUT2D eigenvalue weighted by molar-refractivity contribution is 0.627. The second kappa shape index (κ2) is 12.8. The van der Waals surface area contributed by atoms with Crippen molar-refractivity contribution < 1.29 is 0 Å². The number of benzene rings is 9. The maximum absolute atomic E-state index is 2.46. The first-order valence-electron chi connectivity index (χ1n) is 18.8. The second-order valence-electron chi connectivity index (χ2n) is 15.1. The van der Waals surface area contributed by atoms with Crippen molar-refractivity contribution in [3.8, 4) is 33.4 Å². The van der Waals surface area contributed by atoms with E-state index in [2.05, 4.69) is 219 Å². The molecule has 1 aliphatic carbocycles.